The van der Waals surface area contributed by atoms with Crippen molar-refractivity contribution < 1.29 is 4.79 Å². The number of hydrogen-bond donors (Lipinski definition) is 0. The molecular weight excluding hydrogens is 284 g/mol. The van der Waals surface area contributed by atoms with Gasteiger partial charge < -0.3 is 4.57 Å². The first-order valence-corrected chi connectivity index (χ1v) is 7.65. The van der Waals surface area contributed by atoms with Crippen molar-refractivity contribution in [3.05, 3.63) is 78.1 Å². The highest BCUT2D eigenvalue weighted by molar-refractivity contribution is 6.10. The van der Waals surface area contributed by atoms with E-state index >= 15 is 0 Å². The Hall–Kier alpha value is -2.94. The van der Waals surface area contributed by atoms with E-state index in [1.54, 1.807) is 6.92 Å². The van der Waals surface area contributed by atoms with Crippen molar-refractivity contribution in [2.45, 2.75) is 13.5 Å². The Balaban J connectivity index is 2.01. The molecule has 0 radical (unpaired) electrons. The number of fused-ring (bicyclic) bond motifs is 3. The second-order valence-corrected chi connectivity index (χ2v) is 5.75. The Morgan fingerprint density at radius 3 is 2.48 bits per heavy atom. The minimum absolute atomic E-state index is 0.0904. The second kappa shape index (κ2) is 5.36. The van der Waals surface area contributed by atoms with Crippen molar-refractivity contribution in [1.29, 1.82) is 0 Å². The number of pyridine rings is 1. The number of nitrogens with zero attached hydrogens (tertiary/aromatic N) is 2. The molecule has 4 aromatic rings. The van der Waals surface area contributed by atoms with Crippen LogP contribution in [-0.4, -0.2) is 15.3 Å². The third kappa shape index (κ3) is 2.30. The van der Waals surface area contributed by atoms with Crippen LogP contribution in [0, 0.1) is 0 Å². The summed E-state index contributed by atoms with van der Waals surface area (Å²) < 4.78 is 2.27. The van der Waals surface area contributed by atoms with Crippen molar-refractivity contribution in [2.24, 2.45) is 0 Å². The van der Waals surface area contributed by atoms with Crippen LogP contribution in [0.1, 0.15) is 22.8 Å². The number of carbonyl (C=O) groups excluding carboxylic acids is 1. The van der Waals surface area contributed by atoms with Crippen LogP contribution in [0.15, 0.2) is 67.0 Å². The Bertz CT molecular complexity index is 1020. The number of rotatable bonds is 3. The second-order valence-electron chi connectivity index (χ2n) is 5.75. The van der Waals surface area contributed by atoms with Crippen LogP contribution >= 0.6 is 0 Å². The monoisotopic (exact) mass is 300 g/mol. The lowest BCUT2D eigenvalue weighted by molar-refractivity contribution is 0.101. The fourth-order valence-corrected chi connectivity index (χ4v) is 3.11. The van der Waals surface area contributed by atoms with Gasteiger partial charge in [0.1, 0.15) is 0 Å². The molecule has 2 aromatic heterocycles. The lowest BCUT2D eigenvalue weighted by Crippen LogP contribution is -2.00. The van der Waals surface area contributed by atoms with E-state index in [0.29, 0.717) is 0 Å². The van der Waals surface area contributed by atoms with Crippen LogP contribution in [-0.2, 0) is 6.54 Å². The molecule has 0 saturated heterocycles. The smallest absolute Gasteiger partial charge is 0.159 e. The van der Waals surface area contributed by atoms with Crippen molar-refractivity contribution in [3.63, 3.8) is 0 Å². The SMILES string of the molecule is CC(=O)c1ccc2c3ccccc3n(Cc3ccncc3)c2c1. The van der Waals surface area contributed by atoms with E-state index in [1.165, 1.54) is 21.9 Å². The first-order valence-electron chi connectivity index (χ1n) is 7.65. The van der Waals surface area contributed by atoms with Gasteiger partial charge >= 0.3 is 0 Å². The molecule has 2 aromatic carbocycles. The van der Waals surface area contributed by atoms with Crippen LogP contribution in [0.5, 0.6) is 0 Å². The summed E-state index contributed by atoms with van der Waals surface area (Å²) in [6.45, 7) is 2.37. The van der Waals surface area contributed by atoms with E-state index in [2.05, 4.69) is 39.9 Å². The topological polar surface area (TPSA) is 34.9 Å². The van der Waals surface area contributed by atoms with Gasteiger partial charge in [-0.15, -0.1) is 0 Å². The third-order valence-electron chi connectivity index (χ3n) is 4.27. The summed E-state index contributed by atoms with van der Waals surface area (Å²) in [4.78, 5) is 15.8. The predicted molar refractivity (Wildman–Crippen MR) is 92.8 cm³/mol. The standard InChI is InChI=1S/C20H16N2O/c1-14(23)16-6-7-18-17-4-2-3-5-19(17)22(20(18)12-16)13-15-8-10-21-11-9-15/h2-12H,13H2,1H3. The molecule has 2 heterocycles. The van der Waals surface area contributed by atoms with Gasteiger partial charge in [-0.1, -0.05) is 30.3 Å². The van der Waals surface area contributed by atoms with Gasteiger partial charge in [-0.25, -0.2) is 0 Å². The van der Waals surface area contributed by atoms with Gasteiger partial charge in [0.05, 0.1) is 5.52 Å². The van der Waals surface area contributed by atoms with Gasteiger partial charge in [0.25, 0.3) is 0 Å². The summed E-state index contributed by atoms with van der Waals surface area (Å²) in [7, 11) is 0. The summed E-state index contributed by atoms with van der Waals surface area (Å²) in [5, 5.41) is 2.39. The Labute approximate surface area is 134 Å². The van der Waals surface area contributed by atoms with Gasteiger partial charge in [-0.05, 0) is 36.8 Å². The molecule has 0 amide bonds. The molecule has 4 rings (SSSR count). The Kier molecular flexibility index (Phi) is 3.19. The summed E-state index contributed by atoms with van der Waals surface area (Å²) in [6, 6.07) is 18.4. The molecule has 0 spiro atoms. The first kappa shape index (κ1) is 13.7. The molecule has 0 saturated carbocycles. The summed E-state index contributed by atoms with van der Waals surface area (Å²) in [5.74, 6) is 0.0904. The average Bonchev–Trinajstić information content (AvgIpc) is 2.90. The number of aromatic nitrogens is 2. The largest absolute Gasteiger partial charge is 0.336 e. The third-order valence-corrected chi connectivity index (χ3v) is 4.27. The van der Waals surface area contributed by atoms with E-state index < -0.39 is 0 Å². The number of Topliss-reactive ketones (excluding diaryl/α,β-unsaturated/α-hetero) is 1. The molecule has 112 valence electrons. The minimum Gasteiger partial charge on any atom is -0.336 e. The highest BCUT2D eigenvalue weighted by atomic mass is 16.1. The van der Waals surface area contributed by atoms with Crippen molar-refractivity contribution in [3.8, 4) is 0 Å². The van der Waals surface area contributed by atoms with Crippen LogP contribution in [0.4, 0.5) is 0 Å². The highest BCUT2D eigenvalue weighted by Gasteiger charge is 2.12. The van der Waals surface area contributed by atoms with Crippen LogP contribution in [0.25, 0.3) is 21.8 Å². The minimum atomic E-state index is 0.0904. The summed E-state index contributed by atoms with van der Waals surface area (Å²) >= 11 is 0. The van der Waals surface area contributed by atoms with E-state index in [0.717, 1.165) is 17.6 Å². The number of hydrogen-bond acceptors (Lipinski definition) is 2. The zero-order valence-electron chi connectivity index (χ0n) is 12.9. The normalized spacial score (nSPS) is 11.2. The van der Waals surface area contributed by atoms with Gasteiger partial charge in [0.15, 0.2) is 5.78 Å². The number of ketones is 1. The fraction of sp³-hybridized carbons (Fsp3) is 0.100. The van der Waals surface area contributed by atoms with Gasteiger partial charge in [-0.3, -0.25) is 9.78 Å². The maximum atomic E-state index is 11.8. The Morgan fingerprint density at radius 2 is 1.70 bits per heavy atom. The zero-order chi connectivity index (χ0) is 15.8. The molecule has 3 nitrogen and oxygen atoms in total. The molecule has 0 fully saturated rings. The lowest BCUT2D eigenvalue weighted by atomic mass is 10.1. The first-order chi connectivity index (χ1) is 11.2. The molecule has 0 aliphatic carbocycles. The Morgan fingerprint density at radius 1 is 0.957 bits per heavy atom. The van der Waals surface area contributed by atoms with Crippen LogP contribution < -0.4 is 0 Å². The van der Waals surface area contributed by atoms with E-state index in [9.17, 15) is 4.79 Å². The maximum absolute atomic E-state index is 11.8. The summed E-state index contributed by atoms with van der Waals surface area (Å²) in [5.41, 5.74) is 4.21. The van der Waals surface area contributed by atoms with E-state index in [-0.39, 0.29) is 5.78 Å². The van der Waals surface area contributed by atoms with Crippen LogP contribution in [0.3, 0.4) is 0 Å². The summed E-state index contributed by atoms with van der Waals surface area (Å²) in [6.07, 6.45) is 3.62. The predicted octanol–water partition coefficient (Wildman–Crippen LogP) is 4.44. The van der Waals surface area contributed by atoms with E-state index in [1.807, 2.05) is 36.7 Å². The van der Waals surface area contributed by atoms with Gasteiger partial charge in [0.2, 0.25) is 0 Å². The van der Waals surface area contributed by atoms with Crippen molar-refractivity contribution in [2.75, 3.05) is 0 Å². The molecule has 0 aliphatic heterocycles. The highest BCUT2D eigenvalue weighted by Crippen LogP contribution is 2.30. The quantitative estimate of drug-likeness (QED) is 0.524. The van der Waals surface area contributed by atoms with Crippen molar-refractivity contribution in [1.82, 2.24) is 9.55 Å². The molecule has 0 atom stereocenters. The maximum Gasteiger partial charge on any atom is 0.159 e. The van der Waals surface area contributed by atoms with Gasteiger partial charge in [0, 0.05) is 40.8 Å². The number of benzene rings is 2. The average molecular weight is 300 g/mol. The van der Waals surface area contributed by atoms with E-state index in [4.69, 9.17) is 0 Å². The zero-order valence-corrected chi connectivity index (χ0v) is 12.9. The molecule has 0 N–H and O–H groups in total. The van der Waals surface area contributed by atoms with Crippen molar-refractivity contribution >= 4 is 27.6 Å². The lowest BCUT2D eigenvalue weighted by Gasteiger charge is -2.08. The number of carbonyl (C=O) groups is 1. The van der Waals surface area contributed by atoms with Gasteiger partial charge in [-0.2, -0.15) is 0 Å². The molecule has 0 bridgehead atoms. The molecule has 3 heteroatoms. The molecule has 0 aliphatic rings. The molecule has 23 heavy (non-hydrogen) atoms. The fourth-order valence-electron chi connectivity index (χ4n) is 3.11. The molecular formula is C20H16N2O. The number of para-hydroxylation sites is 1. The molecule has 0 unspecified atom stereocenters. The van der Waals surface area contributed by atoms with Crippen LogP contribution in [0.2, 0.25) is 0 Å².